The molecule has 0 fully saturated rings. The second-order valence-corrected chi connectivity index (χ2v) is 3.58. The molecule has 0 unspecified atom stereocenters. The van der Waals surface area contributed by atoms with Crippen LogP contribution in [0.15, 0.2) is 42.6 Å². The standard InChI is InChI=1S/C13H13NO2/c1-14-8-4-7-12(14)10-5-3-6-11(9-10)13(15)16-2/h3-9H,1-2H3. The predicted octanol–water partition coefficient (Wildman–Crippen LogP) is 2.48. The Morgan fingerprint density at radius 1 is 1.25 bits per heavy atom. The smallest absolute Gasteiger partial charge is 0.337 e. The first-order chi connectivity index (χ1) is 7.72. The minimum Gasteiger partial charge on any atom is -0.465 e. The van der Waals surface area contributed by atoms with E-state index in [4.69, 9.17) is 4.74 Å². The lowest BCUT2D eigenvalue weighted by molar-refractivity contribution is 0.0601. The fraction of sp³-hybridized carbons (Fsp3) is 0.154. The number of hydrogen-bond acceptors (Lipinski definition) is 2. The van der Waals surface area contributed by atoms with Gasteiger partial charge < -0.3 is 9.30 Å². The van der Waals surface area contributed by atoms with E-state index in [9.17, 15) is 4.79 Å². The van der Waals surface area contributed by atoms with E-state index >= 15 is 0 Å². The van der Waals surface area contributed by atoms with Crippen molar-refractivity contribution in [3.05, 3.63) is 48.2 Å². The van der Waals surface area contributed by atoms with Crippen molar-refractivity contribution in [3.63, 3.8) is 0 Å². The molecule has 1 aromatic carbocycles. The number of aromatic nitrogens is 1. The van der Waals surface area contributed by atoms with Gasteiger partial charge in [0.2, 0.25) is 0 Å². The van der Waals surface area contributed by atoms with Crippen LogP contribution in [0.3, 0.4) is 0 Å². The molecule has 1 aromatic heterocycles. The van der Waals surface area contributed by atoms with Gasteiger partial charge in [-0.05, 0) is 29.8 Å². The molecule has 0 atom stereocenters. The van der Waals surface area contributed by atoms with Crippen molar-refractivity contribution in [2.45, 2.75) is 0 Å². The highest BCUT2D eigenvalue weighted by atomic mass is 16.5. The van der Waals surface area contributed by atoms with Crippen LogP contribution in [-0.4, -0.2) is 17.6 Å². The minimum atomic E-state index is -0.309. The first-order valence-electron chi connectivity index (χ1n) is 5.02. The topological polar surface area (TPSA) is 31.2 Å². The highest BCUT2D eigenvalue weighted by molar-refractivity contribution is 5.90. The number of esters is 1. The van der Waals surface area contributed by atoms with Crippen LogP contribution in [0.2, 0.25) is 0 Å². The quantitative estimate of drug-likeness (QED) is 0.721. The Bertz CT molecular complexity index is 514. The van der Waals surface area contributed by atoms with Crippen LogP contribution in [0.4, 0.5) is 0 Å². The zero-order valence-corrected chi connectivity index (χ0v) is 9.31. The molecule has 0 bridgehead atoms. The Balaban J connectivity index is 2.44. The van der Waals surface area contributed by atoms with Crippen LogP contribution < -0.4 is 0 Å². The van der Waals surface area contributed by atoms with E-state index in [0.29, 0.717) is 5.56 Å². The van der Waals surface area contributed by atoms with Crippen LogP contribution in [0.1, 0.15) is 10.4 Å². The van der Waals surface area contributed by atoms with Crippen molar-refractivity contribution in [1.82, 2.24) is 4.57 Å². The normalized spacial score (nSPS) is 10.1. The number of ether oxygens (including phenoxy) is 1. The molecule has 0 amide bonds. The summed E-state index contributed by atoms with van der Waals surface area (Å²) >= 11 is 0. The molecule has 82 valence electrons. The first-order valence-corrected chi connectivity index (χ1v) is 5.02. The van der Waals surface area contributed by atoms with E-state index in [1.807, 2.05) is 48.1 Å². The maximum absolute atomic E-state index is 11.4. The third-order valence-corrected chi connectivity index (χ3v) is 2.52. The van der Waals surface area contributed by atoms with Gasteiger partial charge in [-0.15, -0.1) is 0 Å². The van der Waals surface area contributed by atoms with Crippen molar-refractivity contribution < 1.29 is 9.53 Å². The number of carbonyl (C=O) groups is 1. The number of methoxy groups -OCH3 is 1. The number of benzene rings is 1. The summed E-state index contributed by atoms with van der Waals surface area (Å²) in [5, 5.41) is 0. The molecule has 3 nitrogen and oxygen atoms in total. The summed E-state index contributed by atoms with van der Waals surface area (Å²) in [5.41, 5.74) is 2.65. The predicted molar refractivity (Wildman–Crippen MR) is 62.2 cm³/mol. The van der Waals surface area contributed by atoms with Gasteiger partial charge in [-0.1, -0.05) is 12.1 Å². The highest BCUT2D eigenvalue weighted by Gasteiger charge is 2.07. The SMILES string of the molecule is COC(=O)c1cccc(-c2cccn2C)c1. The van der Waals surface area contributed by atoms with Crippen LogP contribution in [0.5, 0.6) is 0 Å². The molecule has 1 heterocycles. The van der Waals surface area contributed by atoms with Gasteiger partial charge in [0.15, 0.2) is 0 Å². The van der Waals surface area contributed by atoms with Gasteiger partial charge in [0, 0.05) is 18.9 Å². The Kier molecular flexibility index (Phi) is 2.77. The summed E-state index contributed by atoms with van der Waals surface area (Å²) in [6.07, 6.45) is 1.97. The molecule has 0 aliphatic rings. The lowest BCUT2D eigenvalue weighted by Crippen LogP contribution is -2.01. The second-order valence-electron chi connectivity index (χ2n) is 3.58. The van der Waals surface area contributed by atoms with Gasteiger partial charge in [0.25, 0.3) is 0 Å². The highest BCUT2D eigenvalue weighted by Crippen LogP contribution is 2.20. The van der Waals surface area contributed by atoms with Crippen LogP contribution in [0, 0.1) is 0 Å². The molecule has 16 heavy (non-hydrogen) atoms. The largest absolute Gasteiger partial charge is 0.465 e. The van der Waals surface area contributed by atoms with Crippen molar-refractivity contribution in [1.29, 1.82) is 0 Å². The summed E-state index contributed by atoms with van der Waals surface area (Å²) < 4.78 is 6.70. The molecule has 0 saturated heterocycles. The molecule has 0 N–H and O–H groups in total. The van der Waals surface area contributed by atoms with Gasteiger partial charge >= 0.3 is 5.97 Å². The summed E-state index contributed by atoms with van der Waals surface area (Å²) in [4.78, 5) is 11.4. The molecule has 2 rings (SSSR count). The molecule has 0 aliphatic heterocycles. The summed E-state index contributed by atoms with van der Waals surface area (Å²) in [5.74, 6) is -0.309. The average molecular weight is 215 g/mol. The van der Waals surface area contributed by atoms with E-state index in [1.54, 1.807) is 6.07 Å². The van der Waals surface area contributed by atoms with Crippen molar-refractivity contribution in [2.24, 2.45) is 7.05 Å². The zero-order valence-electron chi connectivity index (χ0n) is 9.31. The summed E-state index contributed by atoms with van der Waals surface area (Å²) in [6, 6.07) is 11.4. The fourth-order valence-corrected chi connectivity index (χ4v) is 1.68. The zero-order chi connectivity index (χ0) is 11.5. The van der Waals surface area contributed by atoms with E-state index in [-0.39, 0.29) is 5.97 Å². The van der Waals surface area contributed by atoms with E-state index in [0.717, 1.165) is 11.3 Å². The molecule has 3 heteroatoms. The van der Waals surface area contributed by atoms with Crippen molar-refractivity contribution in [3.8, 4) is 11.3 Å². The monoisotopic (exact) mass is 215 g/mol. The molecule has 0 radical (unpaired) electrons. The van der Waals surface area contributed by atoms with Crippen molar-refractivity contribution >= 4 is 5.97 Å². The second kappa shape index (κ2) is 4.23. The van der Waals surface area contributed by atoms with Crippen molar-refractivity contribution in [2.75, 3.05) is 7.11 Å². The average Bonchev–Trinajstić information content (AvgIpc) is 2.74. The van der Waals surface area contributed by atoms with Gasteiger partial charge in [0.05, 0.1) is 12.7 Å². The van der Waals surface area contributed by atoms with Gasteiger partial charge in [-0.3, -0.25) is 0 Å². The molecule has 0 aliphatic carbocycles. The summed E-state index contributed by atoms with van der Waals surface area (Å²) in [7, 11) is 3.36. The van der Waals surface area contributed by atoms with Gasteiger partial charge in [-0.25, -0.2) is 4.79 Å². The number of carbonyl (C=O) groups excluding carboxylic acids is 1. The molecule has 0 saturated carbocycles. The lowest BCUT2D eigenvalue weighted by atomic mass is 10.1. The Labute approximate surface area is 94.3 Å². The van der Waals surface area contributed by atoms with E-state index in [1.165, 1.54) is 7.11 Å². The Hall–Kier alpha value is -2.03. The van der Waals surface area contributed by atoms with Crippen LogP contribution in [0.25, 0.3) is 11.3 Å². The van der Waals surface area contributed by atoms with Gasteiger partial charge in [-0.2, -0.15) is 0 Å². The third-order valence-electron chi connectivity index (χ3n) is 2.52. The summed E-state index contributed by atoms with van der Waals surface area (Å²) in [6.45, 7) is 0. The fourth-order valence-electron chi connectivity index (χ4n) is 1.68. The third kappa shape index (κ3) is 1.84. The molecule has 2 aromatic rings. The maximum atomic E-state index is 11.4. The number of nitrogens with zero attached hydrogens (tertiary/aromatic N) is 1. The van der Waals surface area contributed by atoms with Crippen LogP contribution in [-0.2, 0) is 11.8 Å². The number of aryl methyl sites for hydroxylation is 1. The maximum Gasteiger partial charge on any atom is 0.337 e. The van der Waals surface area contributed by atoms with Crippen LogP contribution >= 0.6 is 0 Å². The molecular weight excluding hydrogens is 202 g/mol. The number of hydrogen-bond donors (Lipinski definition) is 0. The van der Waals surface area contributed by atoms with E-state index in [2.05, 4.69) is 0 Å². The minimum absolute atomic E-state index is 0.309. The lowest BCUT2D eigenvalue weighted by Gasteiger charge is -2.05. The molecular formula is C13H13NO2. The first kappa shape index (κ1) is 10.5. The Morgan fingerprint density at radius 3 is 2.69 bits per heavy atom. The Morgan fingerprint density at radius 2 is 2.06 bits per heavy atom. The van der Waals surface area contributed by atoms with E-state index < -0.39 is 0 Å². The molecule has 0 spiro atoms. The number of rotatable bonds is 2. The van der Waals surface area contributed by atoms with Gasteiger partial charge in [0.1, 0.15) is 0 Å².